The smallest absolute Gasteiger partial charge is 0.335 e. The van der Waals surface area contributed by atoms with Gasteiger partial charge in [0.1, 0.15) is 0 Å². The molecule has 6 nitrogen and oxygen atoms in total. The van der Waals surface area contributed by atoms with Crippen LogP contribution in [-0.2, 0) is 21.8 Å². The van der Waals surface area contributed by atoms with E-state index in [1.807, 2.05) is 24.3 Å². The monoisotopic (exact) mass is 426 g/mol. The van der Waals surface area contributed by atoms with Crippen LogP contribution in [0.2, 0.25) is 0 Å². The minimum Gasteiger partial charge on any atom is -0.478 e. The van der Waals surface area contributed by atoms with Crippen molar-refractivity contribution < 1.29 is 19.5 Å². The van der Waals surface area contributed by atoms with Crippen LogP contribution in [0.25, 0.3) is 0 Å². The standard InChI is InChI=1S/C23H26N2O4S/c1-16(26)30-15-19-7-3-2-6-17(19)9-11-22(27)24-20-14-18(23(28)29)8-10-21(20)25-12-4-5-13-25/h2-3,6-8,10,14H,4-5,9,11-13,15H2,1H3,(H,24,27)(H,28,29). The van der Waals surface area contributed by atoms with Crippen LogP contribution in [0.3, 0.4) is 0 Å². The van der Waals surface area contributed by atoms with Gasteiger partial charge in [-0.25, -0.2) is 4.79 Å². The molecule has 0 bridgehead atoms. The van der Waals surface area contributed by atoms with Crippen LogP contribution < -0.4 is 10.2 Å². The Balaban J connectivity index is 1.70. The second-order valence-corrected chi connectivity index (χ2v) is 8.48. The van der Waals surface area contributed by atoms with Crippen molar-refractivity contribution in [1.82, 2.24) is 0 Å². The van der Waals surface area contributed by atoms with Gasteiger partial charge in [-0.1, -0.05) is 36.0 Å². The molecule has 7 heteroatoms. The maximum atomic E-state index is 12.7. The molecule has 1 aliphatic heterocycles. The Labute approximate surface area is 180 Å². The molecular weight excluding hydrogens is 400 g/mol. The molecule has 0 aliphatic carbocycles. The number of hydrogen-bond donors (Lipinski definition) is 2. The fraction of sp³-hybridized carbons (Fsp3) is 0.348. The zero-order valence-electron chi connectivity index (χ0n) is 17.0. The van der Waals surface area contributed by atoms with Crippen LogP contribution in [0.4, 0.5) is 11.4 Å². The molecular formula is C23H26N2O4S. The van der Waals surface area contributed by atoms with E-state index in [1.165, 1.54) is 17.8 Å². The minimum absolute atomic E-state index is 0.0651. The zero-order valence-corrected chi connectivity index (χ0v) is 17.8. The van der Waals surface area contributed by atoms with Gasteiger partial charge in [-0.2, -0.15) is 0 Å². The number of amides is 1. The number of aromatic carboxylic acids is 1. The Morgan fingerprint density at radius 1 is 1.07 bits per heavy atom. The molecule has 0 unspecified atom stereocenters. The summed E-state index contributed by atoms with van der Waals surface area (Å²) in [4.78, 5) is 37.5. The van der Waals surface area contributed by atoms with Crippen LogP contribution in [0.5, 0.6) is 0 Å². The predicted octanol–water partition coefficient (Wildman–Crippen LogP) is 4.34. The summed E-state index contributed by atoms with van der Waals surface area (Å²) in [5.74, 6) is -0.588. The minimum atomic E-state index is -1.02. The van der Waals surface area contributed by atoms with Crippen LogP contribution in [-0.4, -0.2) is 35.2 Å². The summed E-state index contributed by atoms with van der Waals surface area (Å²) in [5.41, 5.74) is 3.66. The number of nitrogens with zero attached hydrogens (tertiary/aromatic N) is 1. The van der Waals surface area contributed by atoms with Gasteiger partial charge in [0, 0.05) is 32.2 Å². The third kappa shape index (κ3) is 5.86. The number of benzene rings is 2. The number of carbonyl (C=O) groups is 3. The van der Waals surface area contributed by atoms with Crippen LogP contribution in [0, 0.1) is 0 Å². The Bertz CT molecular complexity index is 939. The average Bonchev–Trinajstić information content (AvgIpc) is 3.25. The summed E-state index contributed by atoms with van der Waals surface area (Å²) in [6.45, 7) is 3.34. The number of nitrogens with one attached hydrogen (secondary N) is 1. The van der Waals surface area contributed by atoms with E-state index in [-0.39, 0.29) is 23.0 Å². The van der Waals surface area contributed by atoms with Crippen molar-refractivity contribution >= 4 is 40.1 Å². The molecule has 0 radical (unpaired) electrons. The molecule has 1 saturated heterocycles. The van der Waals surface area contributed by atoms with Crippen molar-refractivity contribution in [1.29, 1.82) is 0 Å². The highest BCUT2D eigenvalue weighted by Crippen LogP contribution is 2.30. The summed E-state index contributed by atoms with van der Waals surface area (Å²) >= 11 is 1.26. The van der Waals surface area contributed by atoms with Crippen LogP contribution >= 0.6 is 11.8 Å². The molecule has 3 rings (SSSR count). The van der Waals surface area contributed by atoms with Crippen molar-refractivity contribution in [3.05, 3.63) is 59.2 Å². The van der Waals surface area contributed by atoms with Gasteiger partial charge in [-0.15, -0.1) is 0 Å². The molecule has 2 aromatic rings. The fourth-order valence-corrected chi connectivity index (χ4v) is 4.23. The van der Waals surface area contributed by atoms with E-state index in [9.17, 15) is 19.5 Å². The van der Waals surface area contributed by atoms with Gasteiger partial charge >= 0.3 is 5.97 Å². The lowest BCUT2D eigenvalue weighted by molar-refractivity contribution is -0.116. The largest absolute Gasteiger partial charge is 0.478 e. The van der Waals surface area contributed by atoms with E-state index in [0.29, 0.717) is 17.9 Å². The molecule has 1 amide bonds. The normalized spacial score (nSPS) is 13.3. The Morgan fingerprint density at radius 3 is 2.43 bits per heavy atom. The topological polar surface area (TPSA) is 86.7 Å². The highest BCUT2D eigenvalue weighted by atomic mass is 32.2. The maximum absolute atomic E-state index is 12.7. The number of anilines is 2. The van der Waals surface area contributed by atoms with E-state index in [4.69, 9.17) is 0 Å². The van der Waals surface area contributed by atoms with Gasteiger partial charge in [-0.05, 0) is 48.6 Å². The van der Waals surface area contributed by atoms with Gasteiger partial charge in [0.15, 0.2) is 5.12 Å². The number of hydrogen-bond acceptors (Lipinski definition) is 5. The third-order valence-electron chi connectivity index (χ3n) is 5.14. The second kappa shape index (κ2) is 10.3. The van der Waals surface area contributed by atoms with Gasteiger partial charge < -0.3 is 15.3 Å². The van der Waals surface area contributed by atoms with Crippen molar-refractivity contribution in [2.24, 2.45) is 0 Å². The summed E-state index contributed by atoms with van der Waals surface area (Å²) < 4.78 is 0. The summed E-state index contributed by atoms with van der Waals surface area (Å²) in [5, 5.41) is 12.3. The second-order valence-electron chi connectivity index (χ2n) is 7.33. The number of carboxylic acid groups (broad SMARTS) is 1. The van der Waals surface area contributed by atoms with E-state index >= 15 is 0 Å². The third-order valence-corrected chi connectivity index (χ3v) is 6.00. The van der Waals surface area contributed by atoms with Gasteiger partial charge in [-0.3, -0.25) is 9.59 Å². The summed E-state index contributed by atoms with van der Waals surface area (Å²) in [6, 6.07) is 12.7. The lowest BCUT2D eigenvalue weighted by atomic mass is 10.0. The Kier molecular flexibility index (Phi) is 7.52. The van der Waals surface area contributed by atoms with Gasteiger partial charge in [0.05, 0.1) is 16.9 Å². The van der Waals surface area contributed by atoms with Crippen LogP contribution in [0.15, 0.2) is 42.5 Å². The number of thioether (sulfide) groups is 1. The predicted molar refractivity (Wildman–Crippen MR) is 120 cm³/mol. The van der Waals surface area contributed by atoms with Crippen molar-refractivity contribution in [2.45, 2.75) is 38.4 Å². The Morgan fingerprint density at radius 2 is 1.77 bits per heavy atom. The number of carbonyl (C=O) groups excluding carboxylic acids is 2. The van der Waals surface area contributed by atoms with E-state index < -0.39 is 5.97 Å². The molecule has 0 atom stereocenters. The van der Waals surface area contributed by atoms with Crippen molar-refractivity contribution in [3.63, 3.8) is 0 Å². The number of aryl methyl sites for hydroxylation is 1. The van der Waals surface area contributed by atoms with Crippen molar-refractivity contribution in [3.8, 4) is 0 Å². The summed E-state index contributed by atoms with van der Waals surface area (Å²) in [6.07, 6.45) is 3.00. The summed E-state index contributed by atoms with van der Waals surface area (Å²) in [7, 11) is 0. The first kappa shape index (κ1) is 21.9. The van der Waals surface area contributed by atoms with Crippen LogP contribution in [0.1, 0.15) is 47.7 Å². The first-order valence-corrected chi connectivity index (χ1v) is 11.0. The molecule has 158 valence electrons. The molecule has 1 aliphatic rings. The number of carboxylic acids is 1. The van der Waals surface area contributed by atoms with E-state index in [0.717, 1.165) is 42.7 Å². The average molecular weight is 427 g/mol. The molecule has 0 aromatic heterocycles. The molecule has 2 N–H and O–H groups in total. The highest BCUT2D eigenvalue weighted by Gasteiger charge is 2.19. The van der Waals surface area contributed by atoms with E-state index in [1.54, 1.807) is 19.1 Å². The number of rotatable bonds is 8. The first-order valence-electron chi connectivity index (χ1n) is 10.1. The lowest BCUT2D eigenvalue weighted by Crippen LogP contribution is -2.21. The Hall–Kier alpha value is -2.80. The van der Waals surface area contributed by atoms with E-state index in [2.05, 4.69) is 10.2 Å². The van der Waals surface area contributed by atoms with Gasteiger partial charge in [0.25, 0.3) is 0 Å². The lowest BCUT2D eigenvalue weighted by Gasteiger charge is -2.22. The molecule has 1 heterocycles. The molecule has 0 spiro atoms. The SMILES string of the molecule is CC(=O)SCc1ccccc1CCC(=O)Nc1cc(C(=O)O)ccc1N1CCCC1. The highest BCUT2D eigenvalue weighted by molar-refractivity contribution is 8.12. The molecule has 1 fully saturated rings. The molecule has 0 saturated carbocycles. The van der Waals surface area contributed by atoms with Crippen molar-refractivity contribution in [2.75, 3.05) is 23.3 Å². The molecule has 30 heavy (non-hydrogen) atoms. The van der Waals surface area contributed by atoms with Gasteiger partial charge in [0.2, 0.25) is 5.91 Å². The first-order chi connectivity index (χ1) is 14.4. The zero-order chi connectivity index (χ0) is 21.5. The molecule has 2 aromatic carbocycles. The fourth-order valence-electron chi connectivity index (χ4n) is 3.59. The quantitative estimate of drug-likeness (QED) is 0.653. The maximum Gasteiger partial charge on any atom is 0.335 e.